The molecule has 1 aliphatic rings. The van der Waals surface area contributed by atoms with Crippen molar-refractivity contribution in [2.45, 2.75) is 6.92 Å². The van der Waals surface area contributed by atoms with E-state index in [0.29, 0.717) is 21.3 Å². The molecule has 2 nitrogen and oxygen atoms in total. The highest BCUT2D eigenvalue weighted by Gasteiger charge is 2.34. The van der Waals surface area contributed by atoms with Crippen molar-refractivity contribution in [1.29, 1.82) is 0 Å². The summed E-state index contributed by atoms with van der Waals surface area (Å²) in [5.41, 5.74) is 2.90. The second-order valence-electron chi connectivity index (χ2n) is 4.43. The van der Waals surface area contributed by atoms with Gasteiger partial charge >= 0.3 is 0 Å². The molecule has 1 heterocycles. The van der Waals surface area contributed by atoms with Crippen molar-refractivity contribution < 1.29 is 4.79 Å². The van der Waals surface area contributed by atoms with Crippen molar-refractivity contribution in [1.82, 2.24) is 0 Å². The van der Waals surface area contributed by atoms with Crippen LogP contribution in [0.5, 0.6) is 0 Å². The lowest BCUT2D eigenvalue weighted by atomic mass is 10.1. The molecule has 1 aliphatic heterocycles. The van der Waals surface area contributed by atoms with Gasteiger partial charge in [0.05, 0.1) is 21.4 Å². The van der Waals surface area contributed by atoms with Gasteiger partial charge in [-0.25, -0.2) is 0 Å². The van der Waals surface area contributed by atoms with Gasteiger partial charge in [0.15, 0.2) is 0 Å². The molecule has 0 aromatic heterocycles. The third-order valence-electron chi connectivity index (χ3n) is 3.32. The number of fused-ring (bicyclic) bond motifs is 1. The Morgan fingerprint density at radius 2 is 1.65 bits per heavy atom. The number of halogens is 2. The second kappa shape index (κ2) is 4.97. The molecule has 4 heteroatoms. The molecular formula is C16H11Cl2NO. The molecule has 0 radical (unpaired) electrons. The van der Waals surface area contributed by atoms with E-state index in [9.17, 15) is 4.79 Å². The van der Waals surface area contributed by atoms with Crippen LogP contribution in [0.4, 0.5) is 11.4 Å². The maximum atomic E-state index is 12.6. The minimum atomic E-state index is -0.108. The minimum absolute atomic E-state index is 0.108. The van der Waals surface area contributed by atoms with E-state index < -0.39 is 0 Å². The minimum Gasteiger partial charge on any atom is -0.273 e. The summed E-state index contributed by atoms with van der Waals surface area (Å²) in [6.07, 6.45) is 1.81. The molecule has 0 saturated heterocycles. The predicted molar refractivity (Wildman–Crippen MR) is 83.7 cm³/mol. The standard InChI is InChI=1S/C16H11Cl2NO/c1-2-10-11-6-3-4-9-14(11)19(16(10)20)15-12(17)7-5-8-13(15)18/h2-9H,1H3/b10-2+. The van der Waals surface area contributed by atoms with Crippen molar-refractivity contribution >= 4 is 46.1 Å². The van der Waals surface area contributed by atoms with E-state index in [4.69, 9.17) is 23.2 Å². The summed E-state index contributed by atoms with van der Waals surface area (Å²) in [5, 5.41) is 0.913. The summed E-state index contributed by atoms with van der Waals surface area (Å²) in [5.74, 6) is -0.108. The first-order chi connectivity index (χ1) is 9.65. The summed E-state index contributed by atoms with van der Waals surface area (Å²) in [6, 6.07) is 12.8. The number of nitrogens with zero attached hydrogens (tertiary/aromatic N) is 1. The Hall–Kier alpha value is -1.77. The van der Waals surface area contributed by atoms with Gasteiger partial charge in [0, 0.05) is 11.1 Å². The fourth-order valence-corrected chi connectivity index (χ4v) is 3.01. The van der Waals surface area contributed by atoms with Gasteiger partial charge in [-0.05, 0) is 25.1 Å². The molecule has 2 aromatic rings. The molecular weight excluding hydrogens is 293 g/mol. The van der Waals surface area contributed by atoms with E-state index in [1.807, 2.05) is 37.3 Å². The Morgan fingerprint density at radius 1 is 1.00 bits per heavy atom. The maximum absolute atomic E-state index is 12.6. The number of carbonyl (C=O) groups excluding carboxylic acids is 1. The molecule has 0 atom stereocenters. The van der Waals surface area contributed by atoms with Gasteiger partial charge in [-0.2, -0.15) is 0 Å². The Bertz CT molecular complexity index is 717. The largest absolute Gasteiger partial charge is 0.273 e. The number of anilines is 2. The first-order valence-corrected chi connectivity index (χ1v) is 6.95. The van der Waals surface area contributed by atoms with Gasteiger partial charge < -0.3 is 0 Å². The lowest BCUT2D eigenvalue weighted by molar-refractivity contribution is -0.112. The summed E-state index contributed by atoms with van der Waals surface area (Å²) < 4.78 is 0. The Kier molecular flexibility index (Phi) is 3.28. The summed E-state index contributed by atoms with van der Waals surface area (Å²) in [4.78, 5) is 14.2. The summed E-state index contributed by atoms with van der Waals surface area (Å²) in [7, 11) is 0. The molecule has 20 heavy (non-hydrogen) atoms. The van der Waals surface area contributed by atoms with Gasteiger partial charge in [0.25, 0.3) is 5.91 Å². The lowest BCUT2D eigenvalue weighted by Crippen LogP contribution is -2.21. The van der Waals surface area contributed by atoms with Crippen LogP contribution in [0.15, 0.2) is 48.5 Å². The molecule has 0 aliphatic carbocycles. The Balaban J connectivity index is 2.28. The third kappa shape index (κ3) is 1.84. The van der Waals surface area contributed by atoms with Crippen molar-refractivity contribution in [2.75, 3.05) is 4.90 Å². The molecule has 0 bridgehead atoms. The van der Waals surface area contributed by atoms with Gasteiger partial charge in [0.1, 0.15) is 0 Å². The van der Waals surface area contributed by atoms with Crippen molar-refractivity contribution in [3.05, 3.63) is 64.1 Å². The Labute approximate surface area is 127 Å². The highest BCUT2D eigenvalue weighted by atomic mass is 35.5. The number of benzene rings is 2. The van der Waals surface area contributed by atoms with Crippen LogP contribution in [0, 0.1) is 0 Å². The molecule has 0 N–H and O–H groups in total. The van der Waals surface area contributed by atoms with Gasteiger partial charge in [-0.15, -0.1) is 0 Å². The first-order valence-electron chi connectivity index (χ1n) is 6.19. The van der Waals surface area contributed by atoms with E-state index in [-0.39, 0.29) is 5.91 Å². The van der Waals surface area contributed by atoms with E-state index in [1.54, 1.807) is 23.1 Å². The number of amides is 1. The predicted octanol–water partition coefficient (Wildman–Crippen LogP) is 5.08. The van der Waals surface area contributed by atoms with Crippen LogP contribution in [-0.2, 0) is 4.79 Å². The zero-order chi connectivity index (χ0) is 14.3. The van der Waals surface area contributed by atoms with Crippen molar-refractivity contribution in [2.24, 2.45) is 0 Å². The zero-order valence-corrected chi connectivity index (χ0v) is 12.2. The van der Waals surface area contributed by atoms with Crippen LogP contribution in [-0.4, -0.2) is 5.91 Å². The first kappa shape index (κ1) is 13.2. The Morgan fingerprint density at radius 3 is 2.30 bits per heavy atom. The van der Waals surface area contributed by atoms with Crippen molar-refractivity contribution in [3.8, 4) is 0 Å². The molecule has 0 saturated carbocycles. The molecule has 1 amide bonds. The topological polar surface area (TPSA) is 20.3 Å². The normalized spacial score (nSPS) is 15.8. The highest BCUT2D eigenvalue weighted by Crippen LogP contribution is 2.46. The van der Waals surface area contributed by atoms with Crippen LogP contribution in [0.1, 0.15) is 12.5 Å². The number of rotatable bonds is 1. The van der Waals surface area contributed by atoms with Crippen molar-refractivity contribution in [3.63, 3.8) is 0 Å². The third-order valence-corrected chi connectivity index (χ3v) is 3.93. The van der Waals surface area contributed by atoms with Gasteiger partial charge in [0.2, 0.25) is 0 Å². The average molecular weight is 304 g/mol. The van der Waals surface area contributed by atoms with Gasteiger partial charge in [-0.1, -0.05) is 53.5 Å². The number of hydrogen-bond donors (Lipinski definition) is 0. The number of hydrogen-bond acceptors (Lipinski definition) is 1. The monoisotopic (exact) mass is 303 g/mol. The fourth-order valence-electron chi connectivity index (χ4n) is 2.45. The summed E-state index contributed by atoms with van der Waals surface area (Å²) in [6.45, 7) is 1.85. The SMILES string of the molecule is C/C=C1/C(=O)N(c2c(Cl)cccc2Cl)c2ccccc21. The van der Waals surface area contributed by atoms with E-state index >= 15 is 0 Å². The van der Waals surface area contributed by atoms with Crippen LogP contribution in [0.25, 0.3) is 5.57 Å². The molecule has 0 spiro atoms. The van der Waals surface area contributed by atoms with Crippen LogP contribution in [0.2, 0.25) is 10.0 Å². The average Bonchev–Trinajstić information content (AvgIpc) is 2.71. The van der Waals surface area contributed by atoms with E-state index in [2.05, 4.69) is 0 Å². The second-order valence-corrected chi connectivity index (χ2v) is 5.24. The van der Waals surface area contributed by atoms with Crippen LogP contribution >= 0.6 is 23.2 Å². The molecule has 0 unspecified atom stereocenters. The molecule has 0 fully saturated rings. The van der Waals surface area contributed by atoms with Gasteiger partial charge in [-0.3, -0.25) is 9.69 Å². The summed E-state index contributed by atoms with van der Waals surface area (Å²) >= 11 is 12.5. The van der Waals surface area contributed by atoms with Crippen LogP contribution < -0.4 is 4.90 Å². The zero-order valence-electron chi connectivity index (χ0n) is 10.7. The van der Waals surface area contributed by atoms with E-state index in [0.717, 1.165) is 11.3 Å². The molecule has 100 valence electrons. The smallest absolute Gasteiger partial charge is 0.263 e. The lowest BCUT2D eigenvalue weighted by Gasteiger charge is -2.19. The fraction of sp³-hybridized carbons (Fsp3) is 0.0625. The molecule has 2 aromatic carbocycles. The van der Waals surface area contributed by atoms with E-state index in [1.165, 1.54) is 0 Å². The molecule has 3 rings (SSSR count). The van der Waals surface area contributed by atoms with Crippen LogP contribution in [0.3, 0.4) is 0 Å². The number of allylic oxidation sites excluding steroid dienone is 1. The maximum Gasteiger partial charge on any atom is 0.263 e. The quantitative estimate of drug-likeness (QED) is 0.673. The highest BCUT2D eigenvalue weighted by molar-refractivity contribution is 6.43. The number of para-hydroxylation sites is 2. The number of carbonyl (C=O) groups is 1.